The van der Waals surface area contributed by atoms with Crippen LogP contribution in [0.1, 0.15) is 52.4 Å². The van der Waals surface area contributed by atoms with Crippen molar-refractivity contribution in [1.82, 2.24) is 0 Å². The van der Waals surface area contributed by atoms with Crippen LogP contribution in [0.3, 0.4) is 0 Å². The molecular formula is C14H22O2. The van der Waals surface area contributed by atoms with Crippen molar-refractivity contribution in [3.05, 3.63) is 23.8 Å². The highest BCUT2D eigenvalue weighted by molar-refractivity contribution is 5.89. The van der Waals surface area contributed by atoms with Crippen LogP contribution in [0.2, 0.25) is 0 Å². The lowest BCUT2D eigenvalue weighted by Crippen LogP contribution is -2.22. The molecule has 0 amide bonds. The van der Waals surface area contributed by atoms with E-state index in [1.54, 1.807) is 6.08 Å². The third kappa shape index (κ3) is 3.84. The van der Waals surface area contributed by atoms with E-state index >= 15 is 0 Å². The molecule has 0 unspecified atom stereocenters. The maximum absolute atomic E-state index is 11.9. The second-order valence-corrected chi connectivity index (χ2v) is 4.64. The zero-order valence-electron chi connectivity index (χ0n) is 10.4. The van der Waals surface area contributed by atoms with E-state index < -0.39 is 0 Å². The summed E-state index contributed by atoms with van der Waals surface area (Å²) in [5.74, 6) is -0.146. The summed E-state index contributed by atoms with van der Waals surface area (Å²) < 4.78 is 5.52. The van der Waals surface area contributed by atoms with Gasteiger partial charge in [-0.15, -0.1) is 6.58 Å². The molecule has 0 aliphatic heterocycles. The summed E-state index contributed by atoms with van der Waals surface area (Å²) in [6.45, 7) is 7.56. The Bertz CT molecular complexity index is 279. The van der Waals surface area contributed by atoms with Gasteiger partial charge in [0, 0.05) is 5.57 Å². The minimum atomic E-state index is -0.146. The SMILES string of the molecule is C=CCC(C(=O)OC1CCCCC1)=C(C)C. The molecule has 0 bridgehead atoms. The molecule has 0 N–H and O–H groups in total. The molecule has 1 rings (SSSR count). The van der Waals surface area contributed by atoms with E-state index in [9.17, 15) is 4.79 Å². The van der Waals surface area contributed by atoms with Crippen molar-refractivity contribution in [3.8, 4) is 0 Å². The van der Waals surface area contributed by atoms with E-state index in [1.165, 1.54) is 19.3 Å². The summed E-state index contributed by atoms with van der Waals surface area (Å²) in [4.78, 5) is 11.9. The molecule has 0 spiro atoms. The van der Waals surface area contributed by atoms with Crippen LogP contribution in [0.5, 0.6) is 0 Å². The number of carbonyl (C=O) groups excluding carboxylic acids is 1. The third-order valence-electron chi connectivity index (χ3n) is 3.02. The molecule has 0 atom stereocenters. The lowest BCUT2D eigenvalue weighted by atomic mass is 9.97. The van der Waals surface area contributed by atoms with Crippen LogP contribution in [0.25, 0.3) is 0 Å². The largest absolute Gasteiger partial charge is 0.459 e. The van der Waals surface area contributed by atoms with Gasteiger partial charge in [0.25, 0.3) is 0 Å². The third-order valence-corrected chi connectivity index (χ3v) is 3.02. The van der Waals surface area contributed by atoms with Crippen LogP contribution in [-0.4, -0.2) is 12.1 Å². The molecule has 0 aromatic rings. The fourth-order valence-corrected chi connectivity index (χ4v) is 2.04. The highest BCUT2D eigenvalue weighted by Gasteiger charge is 2.20. The van der Waals surface area contributed by atoms with Gasteiger partial charge in [0.15, 0.2) is 0 Å². The number of allylic oxidation sites excluding steroid dienone is 2. The number of hydrogen-bond acceptors (Lipinski definition) is 2. The van der Waals surface area contributed by atoms with Gasteiger partial charge >= 0.3 is 5.97 Å². The summed E-state index contributed by atoms with van der Waals surface area (Å²) in [5, 5.41) is 0. The highest BCUT2D eigenvalue weighted by Crippen LogP contribution is 2.22. The Labute approximate surface area is 98.4 Å². The molecular weight excluding hydrogens is 200 g/mol. The predicted molar refractivity (Wildman–Crippen MR) is 66.2 cm³/mol. The van der Waals surface area contributed by atoms with Gasteiger partial charge in [0.05, 0.1) is 0 Å². The normalized spacial score (nSPS) is 16.6. The lowest BCUT2D eigenvalue weighted by Gasteiger charge is -2.22. The van der Waals surface area contributed by atoms with Crippen LogP contribution in [0.4, 0.5) is 0 Å². The van der Waals surface area contributed by atoms with E-state index in [1.807, 2.05) is 13.8 Å². The lowest BCUT2D eigenvalue weighted by molar-refractivity contribution is -0.145. The molecule has 0 saturated heterocycles. The Balaban J connectivity index is 2.54. The number of rotatable bonds is 4. The maximum atomic E-state index is 11.9. The molecule has 90 valence electrons. The number of ether oxygens (including phenoxy) is 1. The van der Waals surface area contributed by atoms with Crippen LogP contribution in [0.15, 0.2) is 23.8 Å². The summed E-state index contributed by atoms with van der Waals surface area (Å²) in [7, 11) is 0. The monoisotopic (exact) mass is 222 g/mol. The Morgan fingerprint density at radius 1 is 1.31 bits per heavy atom. The fraction of sp³-hybridized carbons (Fsp3) is 0.643. The second-order valence-electron chi connectivity index (χ2n) is 4.64. The highest BCUT2D eigenvalue weighted by atomic mass is 16.5. The number of carbonyl (C=O) groups is 1. The topological polar surface area (TPSA) is 26.3 Å². The van der Waals surface area contributed by atoms with Gasteiger partial charge < -0.3 is 4.74 Å². The summed E-state index contributed by atoms with van der Waals surface area (Å²) in [6.07, 6.45) is 8.19. The first-order valence-corrected chi connectivity index (χ1v) is 6.13. The second kappa shape index (κ2) is 6.51. The molecule has 16 heavy (non-hydrogen) atoms. The van der Waals surface area contributed by atoms with Gasteiger partial charge in [0.1, 0.15) is 6.10 Å². The van der Waals surface area contributed by atoms with Crippen LogP contribution in [-0.2, 0) is 9.53 Å². The van der Waals surface area contributed by atoms with Crippen LogP contribution < -0.4 is 0 Å². The molecule has 1 aliphatic rings. The van der Waals surface area contributed by atoms with Gasteiger partial charge in [0.2, 0.25) is 0 Å². The minimum absolute atomic E-state index is 0.139. The molecule has 1 saturated carbocycles. The van der Waals surface area contributed by atoms with Crippen molar-refractivity contribution in [2.75, 3.05) is 0 Å². The average molecular weight is 222 g/mol. The first kappa shape index (κ1) is 13.0. The van der Waals surface area contributed by atoms with Crippen molar-refractivity contribution in [1.29, 1.82) is 0 Å². The van der Waals surface area contributed by atoms with Gasteiger partial charge in [-0.25, -0.2) is 4.79 Å². The summed E-state index contributed by atoms with van der Waals surface area (Å²) in [6, 6.07) is 0. The Kier molecular flexibility index (Phi) is 5.30. The molecule has 2 nitrogen and oxygen atoms in total. The van der Waals surface area contributed by atoms with Crippen LogP contribution >= 0.6 is 0 Å². The minimum Gasteiger partial charge on any atom is -0.459 e. The van der Waals surface area contributed by atoms with E-state index in [-0.39, 0.29) is 12.1 Å². The fourth-order valence-electron chi connectivity index (χ4n) is 2.04. The summed E-state index contributed by atoms with van der Waals surface area (Å²) in [5.41, 5.74) is 1.79. The van der Waals surface area contributed by atoms with Gasteiger partial charge in [-0.05, 0) is 46.0 Å². The Morgan fingerprint density at radius 2 is 1.94 bits per heavy atom. The van der Waals surface area contributed by atoms with Crippen molar-refractivity contribution < 1.29 is 9.53 Å². The molecule has 0 aromatic heterocycles. The van der Waals surface area contributed by atoms with E-state index in [4.69, 9.17) is 4.74 Å². The van der Waals surface area contributed by atoms with E-state index in [2.05, 4.69) is 6.58 Å². The molecule has 0 heterocycles. The Morgan fingerprint density at radius 3 is 2.44 bits per heavy atom. The Hall–Kier alpha value is -1.05. The van der Waals surface area contributed by atoms with Gasteiger partial charge in [-0.2, -0.15) is 0 Å². The summed E-state index contributed by atoms with van der Waals surface area (Å²) >= 11 is 0. The van der Waals surface area contributed by atoms with Crippen molar-refractivity contribution >= 4 is 5.97 Å². The van der Waals surface area contributed by atoms with Crippen LogP contribution in [0, 0.1) is 0 Å². The van der Waals surface area contributed by atoms with Gasteiger partial charge in [-0.3, -0.25) is 0 Å². The molecule has 2 heteroatoms. The van der Waals surface area contributed by atoms with E-state index in [0.717, 1.165) is 24.0 Å². The smallest absolute Gasteiger partial charge is 0.334 e. The molecule has 0 aromatic carbocycles. The maximum Gasteiger partial charge on any atom is 0.334 e. The van der Waals surface area contributed by atoms with Crippen molar-refractivity contribution in [2.24, 2.45) is 0 Å². The molecule has 1 aliphatic carbocycles. The zero-order chi connectivity index (χ0) is 12.0. The standard InChI is InChI=1S/C14H22O2/c1-4-8-13(11(2)3)14(15)16-12-9-6-5-7-10-12/h4,12H,1,5-10H2,2-3H3. The number of esters is 1. The van der Waals surface area contributed by atoms with E-state index in [0.29, 0.717) is 6.42 Å². The average Bonchev–Trinajstić information content (AvgIpc) is 2.26. The van der Waals surface area contributed by atoms with Crippen molar-refractivity contribution in [2.45, 2.75) is 58.5 Å². The molecule has 1 fully saturated rings. The number of hydrogen-bond donors (Lipinski definition) is 0. The first-order valence-electron chi connectivity index (χ1n) is 6.13. The zero-order valence-corrected chi connectivity index (χ0v) is 10.4. The molecule has 0 radical (unpaired) electrons. The quantitative estimate of drug-likeness (QED) is 0.411. The predicted octanol–water partition coefficient (Wildman–Crippen LogP) is 3.77. The van der Waals surface area contributed by atoms with Gasteiger partial charge in [-0.1, -0.05) is 18.1 Å². The first-order chi connectivity index (χ1) is 7.65. The van der Waals surface area contributed by atoms with Crippen molar-refractivity contribution in [3.63, 3.8) is 0 Å².